The summed E-state index contributed by atoms with van der Waals surface area (Å²) in [6.07, 6.45) is 5.45. The molecule has 1 fully saturated rings. The van der Waals surface area contributed by atoms with Crippen molar-refractivity contribution >= 4 is 16.7 Å². The first-order chi connectivity index (χ1) is 15.5. The summed E-state index contributed by atoms with van der Waals surface area (Å²) in [5.74, 6) is 0.531. The van der Waals surface area contributed by atoms with Crippen molar-refractivity contribution in [3.8, 4) is 5.75 Å². The average Bonchev–Trinajstić information content (AvgIpc) is 3.12. The van der Waals surface area contributed by atoms with E-state index in [1.54, 1.807) is 0 Å². The van der Waals surface area contributed by atoms with Crippen molar-refractivity contribution in [1.29, 1.82) is 0 Å². The Labute approximate surface area is 192 Å². The fourth-order valence-electron chi connectivity index (χ4n) is 5.06. The second-order valence-electron chi connectivity index (χ2n) is 9.43. The lowest BCUT2D eigenvalue weighted by molar-refractivity contribution is -0.123. The number of nitrogens with one attached hydrogen (secondary N) is 1. The van der Waals surface area contributed by atoms with Crippen LogP contribution in [0.25, 0.3) is 10.8 Å². The summed E-state index contributed by atoms with van der Waals surface area (Å²) in [7, 11) is 0. The Bertz CT molecular complexity index is 881. The largest absolute Gasteiger partial charge is 0.493 e. The highest BCUT2D eigenvalue weighted by atomic mass is 16.5. The van der Waals surface area contributed by atoms with Crippen molar-refractivity contribution in [1.82, 2.24) is 5.32 Å². The van der Waals surface area contributed by atoms with E-state index in [1.165, 1.54) is 0 Å². The molecule has 1 unspecified atom stereocenters. The molecule has 0 radical (unpaired) electrons. The molecule has 4 atom stereocenters. The highest BCUT2D eigenvalue weighted by molar-refractivity contribution is 5.91. The molecule has 0 bridgehead atoms. The molecule has 0 spiro atoms. The molecule has 176 valence electrons. The standard InChI is InChI=1S/C27H39NO4/c1-4-5-6-11-20(30)12-9-16-32-23-15-14-19-10-7-8-13-21(19)25(23)26-22(17-29)28-27(31)24(26)18(2)3/h7-8,10,13-15,18,20,22,24,26,29-30H,4-6,9,11-12,16-17H2,1-3H3,(H,28,31)/t20?,22-,24-,26+/m1/s1. The van der Waals surface area contributed by atoms with Gasteiger partial charge in [0.25, 0.3) is 0 Å². The molecule has 1 aliphatic heterocycles. The third-order valence-electron chi connectivity index (χ3n) is 6.71. The number of aliphatic hydroxyl groups is 2. The van der Waals surface area contributed by atoms with E-state index in [2.05, 4.69) is 44.3 Å². The zero-order chi connectivity index (χ0) is 23.1. The molecule has 32 heavy (non-hydrogen) atoms. The Morgan fingerprint density at radius 2 is 1.81 bits per heavy atom. The van der Waals surface area contributed by atoms with Crippen LogP contribution < -0.4 is 10.1 Å². The van der Waals surface area contributed by atoms with Crippen LogP contribution in [0, 0.1) is 11.8 Å². The Kier molecular flexibility index (Phi) is 8.94. The van der Waals surface area contributed by atoms with Gasteiger partial charge in [0.05, 0.1) is 25.4 Å². The van der Waals surface area contributed by atoms with E-state index in [0.717, 1.165) is 60.6 Å². The van der Waals surface area contributed by atoms with Crippen LogP contribution in [0.3, 0.4) is 0 Å². The molecular weight excluding hydrogens is 402 g/mol. The summed E-state index contributed by atoms with van der Waals surface area (Å²) in [6.45, 7) is 6.69. The highest BCUT2D eigenvalue weighted by Gasteiger charge is 2.45. The maximum absolute atomic E-state index is 12.8. The van der Waals surface area contributed by atoms with Gasteiger partial charge >= 0.3 is 0 Å². The van der Waals surface area contributed by atoms with Gasteiger partial charge in [0.15, 0.2) is 0 Å². The van der Waals surface area contributed by atoms with E-state index in [1.807, 2.05) is 18.2 Å². The highest BCUT2D eigenvalue weighted by Crippen LogP contribution is 2.45. The van der Waals surface area contributed by atoms with Crippen LogP contribution in [-0.2, 0) is 4.79 Å². The number of carbonyl (C=O) groups is 1. The van der Waals surface area contributed by atoms with Gasteiger partial charge in [-0.1, -0.05) is 70.4 Å². The number of carbonyl (C=O) groups excluding carboxylic acids is 1. The molecule has 3 rings (SSSR count). The van der Waals surface area contributed by atoms with Gasteiger partial charge in [-0.3, -0.25) is 4.79 Å². The third-order valence-corrected chi connectivity index (χ3v) is 6.71. The zero-order valence-electron chi connectivity index (χ0n) is 19.7. The Morgan fingerprint density at radius 3 is 2.53 bits per heavy atom. The number of hydrogen-bond donors (Lipinski definition) is 3. The molecule has 3 N–H and O–H groups in total. The lowest BCUT2D eigenvalue weighted by Gasteiger charge is -2.27. The van der Waals surface area contributed by atoms with Crippen LogP contribution >= 0.6 is 0 Å². The predicted molar refractivity (Wildman–Crippen MR) is 129 cm³/mol. The van der Waals surface area contributed by atoms with Gasteiger partial charge in [-0.2, -0.15) is 0 Å². The molecule has 0 aromatic heterocycles. The minimum atomic E-state index is -0.330. The first-order valence-corrected chi connectivity index (χ1v) is 12.2. The zero-order valence-corrected chi connectivity index (χ0v) is 19.7. The fourth-order valence-corrected chi connectivity index (χ4v) is 5.06. The van der Waals surface area contributed by atoms with Crippen molar-refractivity contribution in [3.05, 3.63) is 42.0 Å². The van der Waals surface area contributed by atoms with Gasteiger partial charge in [0, 0.05) is 17.4 Å². The number of hydrogen-bond acceptors (Lipinski definition) is 4. The SMILES string of the molecule is CCCCCC(O)CCCOc1ccc2ccccc2c1[C@@H]1[C@@H](C(C)C)C(=O)N[C@@H]1CO. The molecule has 1 heterocycles. The van der Waals surface area contributed by atoms with Crippen molar-refractivity contribution in [3.63, 3.8) is 0 Å². The van der Waals surface area contributed by atoms with Crippen LogP contribution in [0.1, 0.15) is 70.8 Å². The number of ether oxygens (including phenoxy) is 1. The summed E-state index contributed by atoms with van der Waals surface area (Å²) >= 11 is 0. The van der Waals surface area contributed by atoms with Gasteiger partial charge in [-0.05, 0) is 42.0 Å². The minimum Gasteiger partial charge on any atom is -0.493 e. The van der Waals surface area contributed by atoms with Gasteiger partial charge in [-0.25, -0.2) is 0 Å². The molecular formula is C27H39NO4. The molecule has 5 nitrogen and oxygen atoms in total. The van der Waals surface area contributed by atoms with Crippen molar-refractivity contribution in [2.45, 2.75) is 77.4 Å². The maximum Gasteiger partial charge on any atom is 0.224 e. The van der Waals surface area contributed by atoms with Crippen molar-refractivity contribution in [2.24, 2.45) is 11.8 Å². The normalized spacial score (nSPS) is 21.8. The van der Waals surface area contributed by atoms with Crippen LogP contribution in [-0.4, -0.2) is 41.5 Å². The number of fused-ring (bicyclic) bond motifs is 1. The van der Waals surface area contributed by atoms with Crippen LogP contribution in [0.4, 0.5) is 0 Å². The van der Waals surface area contributed by atoms with E-state index in [0.29, 0.717) is 6.61 Å². The van der Waals surface area contributed by atoms with Crippen LogP contribution in [0.15, 0.2) is 36.4 Å². The fraction of sp³-hybridized carbons (Fsp3) is 0.593. The molecule has 1 saturated heterocycles. The number of amides is 1. The van der Waals surface area contributed by atoms with E-state index in [4.69, 9.17) is 4.74 Å². The summed E-state index contributed by atoms with van der Waals surface area (Å²) in [5.41, 5.74) is 1.00. The lowest BCUT2D eigenvalue weighted by Crippen LogP contribution is -2.31. The molecule has 2 aromatic carbocycles. The Morgan fingerprint density at radius 1 is 1.06 bits per heavy atom. The minimum absolute atomic E-state index is 0.00173. The predicted octanol–water partition coefficient (Wildman–Crippen LogP) is 4.79. The number of rotatable bonds is 12. The van der Waals surface area contributed by atoms with E-state index >= 15 is 0 Å². The molecule has 5 heteroatoms. The molecule has 0 saturated carbocycles. The summed E-state index contributed by atoms with van der Waals surface area (Å²) in [6, 6.07) is 11.9. The second kappa shape index (κ2) is 11.7. The van der Waals surface area contributed by atoms with Gasteiger partial charge in [0.1, 0.15) is 5.75 Å². The van der Waals surface area contributed by atoms with Crippen LogP contribution in [0.5, 0.6) is 5.75 Å². The quantitative estimate of drug-likeness (QED) is 0.414. The van der Waals surface area contributed by atoms with Gasteiger partial charge in [-0.15, -0.1) is 0 Å². The Hall–Kier alpha value is -2.11. The number of aliphatic hydroxyl groups excluding tert-OH is 2. The average molecular weight is 442 g/mol. The van der Waals surface area contributed by atoms with E-state index < -0.39 is 0 Å². The smallest absolute Gasteiger partial charge is 0.224 e. The first kappa shape index (κ1) is 24.5. The number of unbranched alkanes of at least 4 members (excludes halogenated alkanes) is 2. The van der Waals surface area contributed by atoms with Gasteiger partial charge < -0.3 is 20.3 Å². The topological polar surface area (TPSA) is 78.8 Å². The molecule has 2 aromatic rings. The molecule has 1 amide bonds. The first-order valence-electron chi connectivity index (χ1n) is 12.2. The maximum atomic E-state index is 12.8. The Balaban J connectivity index is 1.83. The van der Waals surface area contributed by atoms with Gasteiger partial charge in [0.2, 0.25) is 5.91 Å². The van der Waals surface area contributed by atoms with Crippen molar-refractivity contribution < 1.29 is 19.7 Å². The van der Waals surface area contributed by atoms with E-state index in [9.17, 15) is 15.0 Å². The van der Waals surface area contributed by atoms with Crippen LogP contribution in [0.2, 0.25) is 0 Å². The molecule has 0 aliphatic carbocycles. The second-order valence-corrected chi connectivity index (χ2v) is 9.43. The van der Waals surface area contributed by atoms with E-state index in [-0.39, 0.29) is 42.4 Å². The van der Waals surface area contributed by atoms with Crippen molar-refractivity contribution in [2.75, 3.05) is 13.2 Å². The molecule has 1 aliphatic rings. The summed E-state index contributed by atoms with van der Waals surface area (Å²) in [5, 5.41) is 25.4. The number of benzene rings is 2. The monoisotopic (exact) mass is 441 g/mol. The third kappa shape index (κ3) is 5.62. The summed E-state index contributed by atoms with van der Waals surface area (Å²) < 4.78 is 6.26. The summed E-state index contributed by atoms with van der Waals surface area (Å²) in [4.78, 5) is 12.8. The lowest BCUT2D eigenvalue weighted by atomic mass is 9.76.